The van der Waals surface area contributed by atoms with Crippen LogP contribution in [0.1, 0.15) is 64.6 Å². The molecule has 0 unspecified atom stereocenters. The first-order chi connectivity index (χ1) is 7.31. The van der Waals surface area contributed by atoms with Crippen molar-refractivity contribution in [2.24, 2.45) is 0 Å². The van der Waals surface area contributed by atoms with Gasteiger partial charge in [-0.2, -0.15) is 4.98 Å². The zero-order valence-corrected chi connectivity index (χ0v) is 10.3. The number of hydrogen-bond acceptors (Lipinski definition) is 3. The lowest BCUT2D eigenvalue weighted by Gasteiger charge is -1.96. The zero-order chi connectivity index (χ0) is 11.4. The molecule has 0 saturated carbocycles. The molecule has 0 saturated heterocycles. The molecule has 1 aromatic rings. The Bertz CT molecular complexity index is 191. The minimum atomic E-state index is 0.676. The zero-order valence-electron chi connectivity index (χ0n) is 10.3. The number of aromatic nitrogens is 2. The fraction of sp³-hybridized carbons (Fsp3) is 0.833. The second kappa shape index (κ2) is 11.2. The summed E-state index contributed by atoms with van der Waals surface area (Å²) in [5.74, 6) is 0.676. The van der Waals surface area contributed by atoms with Gasteiger partial charge in [-0.3, -0.25) is 0 Å². The van der Waals surface area contributed by atoms with Crippen LogP contribution in [0.5, 0.6) is 0 Å². The lowest BCUT2D eigenvalue weighted by molar-refractivity contribution is 0.412. The SMILES string of the molecule is CCCCCCCCC.Cc1ncon1. The predicted octanol–water partition coefficient (Wildman–Crippen LogP) is 4.13. The van der Waals surface area contributed by atoms with Gasteiger partial charge in [0.2, 0.25) is 6.39 Å². The van der Waals surface area contributed by atoms with Crippen molar-refractivity contribution in [3.05, 3.63) is 12.2 Å². The van der Waals surface area contributed by atoms with Crippen LogP contribution in [-0.4, -0.2) is 10.1 Å². The summed E-state index contributed by atoms with van der Waals surface area (Å²) in [7, 11) is 0. The molecule has 0 N–H and O–H groups in total. The summed E-state index contributed by atoms with van der Waals surface area (Å²) in [4.78, 5) is 3.64. The van der Waals surface area contributed by atoms with Crippen molar-refractivity contribution < 1.29 is 4.52 Å². The molecule has 15 heavy (non-hydrogen) atoms. The minimum Gasteiger partial charge on any atom is -0.343 e. The van der Waals surface area contributed by atoms with Gasteiger partial charge >= 0.3 is 0 Å². The number of aryl methyl sites for hydroxylation is 1. The standard InChI is InChI=1S/C9H20.C3H4N2O/c1-3-5-7-9-8-6-4-2;1-3-4-2-6-5-3/h3-9H2,1-2H3;2H,1H3. The van der Waals surface area contributed by atoms with Crippen molar-refractivity contribution in [2.45, 2.75) is 65.7 Å². The van der Waals surface area contributed by atoms with E-state index in [1.807, 2.05) is 0 Å². The normalized spacial score (nSPS) is 9.53. The predicted molar refractivity (Wildman–Crippen MR) is 62.7 cm³/mol. The van der Waals surface area contributed by atoms with E-state index in [0.29, 0.717) is 5.82 Å². The van der Waals surface area contributed by atoms with Gasteiger partial charge in [0.05, 0.1) is 0 Å². The first-order valence-electron chi connectivity index (χ1n) is 6.04. The number of rotatable bonds is 6. The van der Waals surface area contributed by atoms with Crippen LogP contribution in [0.25, 0.3) is 0 Å². The van der Waals surface area contributed by atoms with E-state index < -0.39 is 0 Å². The largest absolute Gasteiger partial charge is 0.343 e. The molecule has 0 aliphatic rings. The van der Waals surface area contributed by atoms with E-state index in [1.54, 1.807) is 6.92 Å². The van der Waals surface area contributed by atoms with Gasteiger partial charge < -0.3 is 4.52 Å². The Morgan fingerprint density at radius 2 is 1.53 bits per heavy atom. The maximum atomic E-state index is 4.35. The van der Waals surface area contributed by atoms with Crippen LogP contribution < -0.4 is 0 Å². The van der Waals surface area contributed by atoms with Crippen LogP contribution >= 0.6 is 0 Å². The number of hydrogen-bond donors (Lipinski definition) is 0. The molecular weight excluding hydrogens is 188 g/mol. The average molecular weight is 212 g/mol. The Hall–Kier alpha value is -0.860. The summed E-state index contributed by atoms with van der Waals surface area (Å²) in [6, 6.07) is 0. The summed E-state index contributed by atoms with van der Waals surface area (Å²) in [5, 5.41) is 3.43. The molecule has 0 atom stereocenters. The van der Waals surface area contributed by atoms with Crippen molar-refractivity contribution in [1.29, 1.82) is 0 Å². The Kier molecular flexibility index (Phi) is 10.6. The summed E-state index contributed by atoms with van der Waals surface area (Å²) in [6.45, 7) is 6.29. The highest BCUT2D eigenvalue weighted by Crippen LogP contribution is 2.05. The van der Waals surface area contributed by atoms with E-state index in [9.17, 15) is 0 Å². The minimum absolute atomic E-state index is 0.676. The highest BCUT2D eigenvalue weighted by molar-refractivity contribution is 4.67. The van der Waals surface area contributed by atoms with Crippen LogP contribution in [-0.2, 0) is 0 Å². The molecule has 1 heterocycles. The van der Waals surface area contributed by atoms with Gasteiger partial charge in [-0.15, -0.1) is 0 Å². The second-order valence-electron chi connectivity index (χ2n) is 3.75. The molecule has 0 aliphatic heterocycles. The van der Waals surface area contributed by atoms with E-state index in [0.717, 1.165) is 0 Å². The van der Waals surface area contributed by atoms with E-state index in [2.05, 4.69) is 28.5 Å². The molecule has 0 bridgehead atoms. The molecule has 0 aliphatic carbocycles. The number of unbranched alkanes of at least 4 members (excludes halogenated alkanes) is 6. The molecule has 0 fully saturated rings. The van der Waals surface area contributed by atoms with Gasteiger partial charge in [-0.1, -0.05) is 63.9 Å². The fourth-order valence-corrected chi connectivity index (χ4v) is 1.25. The Morgan fingerprint density at radius 3 is 1.80 bits per heavy atom. The molecule has 88 valence electrons. The van der Waals surface area contributed by atoms with Crippen molar-refractivity contribution in [2.75, 3.05) is 0 Å². The lowest BCUT2D eigenvalue weighted by atomic mass is 10.1. The topological polar surface area (TPSA) is 38.9 Å². The van der Waals surface area contributed by atoms with Crippen molar-refractivity contribution in [1.82, 2.24) is 10.1 Å². The van der Waals surface area contributed by atoms with Crippen LogP contribution in [0.2, 0.25) is 0 Å². The van der Waals surface area contributed by atoms with Gasteiger partial charge in [0, 0.05) is 0 Å². The highest BCUT2D eigenvalue weighted by atomic mass is 16.5. The Labute approximate surface area is 93.3 Å². The molecule has 0 aromatic carbocycles. The quantitative estimate of drug-likeness (QED) is 0.665. The maximum Gasteiger partial charge on any atom is 0.213 e. The van der Waals surface area contributed by atoms with E-state index in [-0.39, 0.29) is 0 Å². The third kappa shape index (κ3) is 11.1. The van der Waals surface area contributed by atoms with Crippen molar-refractivity contribution in [3.63, 3.8) is 0 Å². The van der Waals surface area contributed by atoms with Crippen LogP contribution in [0, 0.1) is 6.92 Å². The van der Waals surface area contributed by atoms with E-state index in [4.69, 9.17) is 0 Å². The Morgan fingerprint density at radius 1 is 1.00 bits per heavy atom. The summed E-state index contributed by atoms with van der Waals surface area (Å²) in [5.41, 5.74) is 0. The third-order valence-corrected chi connectivity index (χ3v) is 2.18. The van der Waals surface area contributed by atoms with Crippen LogP contribution in [0.3, 0.4) is 0 Å². The third-order valence-electron chi connectivity index (χ3n) is 2.18. The van der Waals surface area contributed by atoms with E-state index in [1.165, 1.54) is 51.3 Å². The second-order valence-corrected chi connectivity index (χ2v) is 3.75. The van der Waals surface area contributed by atoms with Gasteiger partial charge in [0.1, 0.15) is 0 Å². The van der Waals surface area contributed by atoms with Gasteiger partial charge in [-0.05, 0) is 6.92 Å². The smallest absolute Gasteiger partial charge is 0.213 e. The maximum absolute atomic E-state index is 4.35. The average Bonchev–Trinajstić information content (AvgIpc) is 2.70. The first kappa shape index (κ1) is 14.1. The molecule has 3 heteroatoms. The van der Waals surface area contributed by atoms with Gasteiger partial charge in [0.15, 0.2) is 5.82 Å². The summed E-state index contributed by atoms with van der Waals surface area (Å²) < 4.78 is 4.35. The Balaban J connectivity index is 0.000000280. The van der Waals surface area contributed by atoms with Crippen molar-refractivity contribution >= 4 is 0 Å². The summed E-state index contributed by atoms with van der Waals surface area (Å²) >= 11 is 0. The van der Waals surface area contributed by atoms with Crippen LogP contribution in [0.15, 0.2) is 10.9 Å². The number of nitrogens with zero attached hydrogens (tertiary/aromatic N) is 2. The molecule has 1 rings (SSSR count). The summed E-state index contributed by atoms with van der Waals surface area (Å²) in [6.07, 6.45) is 11.3. The lowest BCUT2D eigenvalue weighted by Crippen LogP contribution is -1.76. The monoisotopic (exact) mass is 212 g/mol. The van der Waals surface area contributed by atoms with Crippen molar-refractivity contribution in [3.8, 4) is 0 Å². The molecule has 0 spiro atoms. The fourth-order valence-electron chi connectivity index (χ4n) is 1.25. The highest BCUT2D eigenvalue weighted by Gasteiger charge is 1.85. The first-order valence-corrected chi connectivity index (χ1v) is 6.04. The van der Waals surface area contributed by atoms with Gasteiger partial charge in [-0.25, -0.2) is 0 Å². The molecular formula is C12H24N2O. The van der Waals surface area contributed by atoms with E-state index >= 15 is 0 Å². The molecule has 0 radical (unpaired) electrons. The molecule has 1 aromatic heterocycles. The van der Waals surface area contributed by atoms with Gasteiger partial charge in [0.25, 0.3) is 0 Å². The molecule has 3 nitrogen and oxygen atoms in total. The van der Waals surface area contributed by atoms with Crippen LogP contribution in [0.4, 0.5) is 0 Å². The molecule has 0 amide bonds.